The molecule has 0 aromatic heterocycles. The van der Waals surface area contributed by atoms with E-state index in [1.54, 1.807) is 18.2 Å². The standard InChI is InChI=1S/C24H24Cl2FNO2/c1-3-29-23-11-18(14-28-13-17-9-7-16(2)8-10-17)21(26)12-24(23)30-15-19-20(25)5-4-6-22(19)27/h4-12,28H,3,13-15H2,1-2H3. The molecule has 0 saturated heterocycles. The van der Waals surface area contributed by atoms with Gasteiger partial charge in [-0.25, -0.2) is 4.39 Å². The fourth-order valence-corrected chi connectivity index (χ4v) is 3.40. The minimum absolute atomic E-state index is 0.0209. The molecule has 6 heteroatoms. The van der Waals surface area contributed by atoms with E-state index in [1.807, 2.05) is 13.0 Å². The van der Waals surface area contributed by atoms with Crippen LogP contribution in [0.1, 0.15) is 29.2 Å². The lowest BCUT2D eigenvalue weighted by Gasteiger charge is -2.16. The van der Waals surface area contributed by atoms with E-state index in [-0.39, 0.29) is 6.61 Å². The highest BCUT2D eigenvalue weighted by molar-refractivity contribution is 6.31. The fraction of sp³-hybridized carbons (Fsp3) is 0.250. The van der Waals surface area contributed by atoms with Crippen LogP contribution in [0.3, 0.4) is 0 Å². The highest BCUT2D eigenvalue weighted by Crippen LogP contribution is 2.35. The van der Waals surface area contributed by atoms with Crippen LogP contribution in [0, 0.1) is 12.7 Å². The van der Waals surface area contributed by atoms with Gasteiger partial charge in [-0.05, 0) is 43.2 Å². The van der Waals surface area contributed by atoms with Crippen LogP contribution in [0.25, 0.3) is 0 Å². The molecule has 0 amide bonds. The summed E-state index contributed by atoms with van der Waals surface area (Å²) >= 11 is 12.6. The maximum absolute atomic E-state index is 14.0. The average molecular weight is 448 g/mol. The summed E-state index contributed by atoms with van der Waals surface area (Å²) in [6.07, 6.45) is 0. The van der Waals surface area contributed by atoms with Gasteiger partial charge in [-0.2, -0.15) is 0 Å². The number of halogens is 3. The second kappa shape index (κ2) is 10.7. The smallest absolute Gasteiger partial charge is 0.163 e. The van der Waals surface area contributed by atoms with Crippen molar-refractivity contribution >= 4 is 23.2 Å². The summed E-state index contributed by atoms with van der Waals surface area (Å²) in [5.41, 5.74) is 3.61. The second-order valence-corrected chi connectivity index (χ2v) is 7.72. The summed E-state index contributed by atoms with van der Waals surface area (Å²) in [4.78, 5) is 0. The molecule has 0 heterocycles. The Morgan fingerprint density at radius 1 is 0.900 bits per heavy atom. The zero-order chi connectivity index (χ0) is 21.5. The number of nitrogens with one attached hydrogen (secondary N) is 1. The first-order chi connectivity index (χ1) is 14.5. The largest absolute Gasteiger partial charge is 0.490 e. The molecule has 3 aromatic carbocycles. The maximum atomic E-state index is 14.0. The Kier molecular flexibility index (Phi) is 7.97. The lowest BCUT2D eigenvalue weighted by atomic mass is 10.1. The molecule has 0 aliphatic rings. The lowest BCUT2D eigenvalue weighted by molar-refractivity contribution is 0.265. The molecule has 0 bridgehead atoms. The van der Waals surface area contributed by atoms with E-state index >= 15 is 0 Å². The number of benzene rings is 3. The highest BCUT2D eigenvalue weighted by Gasteiger charge is 2.14. The van der Waals surface area contributed by atoms with Crippen LogP contribution >= 0.6 is 23.2 Å². The molecule has 0 saturated carbocycles. The predicted molar refractivity (Wildman–Crippen MR) is 120 cm³/mol. The van der Waals surface area contributed by atoms with Gasteiger partial charge in [0.2, 0.25) is 0 Å². The molecule has 0 radical (unpaired) electrons. The predicted octanol–water partition coefficient (Wildman–Crippen LogP) is 6.71. The second-order valence-electron chi connectivity index (χ2n) is 6.90. The molecule has 0 atom stereocenters. The quantitative estimate of drug-likeness (QED) is 0.395. The number of ether oxygens (including phenoxy) is 2. The van der Waals surface area contributed by atoms with Gasteiger partial charge in [0.1, 0.15) is 12.4 Å². The Hall–Kier alpha value is -2.27. The van der Waals surface area contributed by atoms with Gasteiger partial charge >= 0.3 is 0 Å². The van der Waals surface area contributed by atoms with E-state index in [1.165, 1.54) is 17.2 Å². The van der Waals surface area contributed by atoms with Gasteiger partial charge in [-0.1, -0.05) is 59.1 Å². The van der Waals surface area contributed by atoms with Gasteiger partial charge < -0.3 is 14.8 Å². The molecule has 0 fully saturated rings. The summed E-state index contributed by atoms with van der Waals surface area (Å²) in [5, 5.41) is 4.25. The minimum atomic E-state index is -0.413. The Morgan fingerprint density at radius 2 is 1.63 bits per heavy atom. The molecule has 0 unspecified atom stereocenters. The van der Waals surface area contributed by atoms with E-state index in [0.29, 0.717) is 40.3 Å². The minimum Gasteiger partial charge on any atom is -0.490 e. The molecule has 0 spiro atoms. The van der Waals surface area contributed by atoms with Crippen LogP contribution < -0.4 is 14.8 Å². The van der Waals surface area contributed by atoms with Crippen LogP contribution in [0.5, 0.6) is 11.5 Å². The van der Waals surface area contributed by atoms with Crippen molar-refractivity contribution in [3.8, 4) is 11.5 Å². The SMILES string of the molecule is CCOc1cc(CNCc2ccc(C)cc2)c(Cl)cc1OCc1c(F)cccc1Cl. The maximum Gasteiger partial charge on any atom is 0.163 e. The van der Waals surface area contributed by atoms with E-state index in [9.17, 15) is 4.39 Å². The zero-order valence-corrected chi connectivity index (χ0v) is 18.5. The highest BCUT2D eigenvalue weighted by atomic mass is 35.5. The summed E-state index contributed by atoms with van der Waals surface area (Å²) in [6.45, 7) is 5.70. The number of rotatable bonds is 9. The third kappa shape index (κ3) is 5.88. The van der Waals surface area contributed by atoms with E-state index in [0.717, 1.165) is 12.1 Å². The first-order valence-corrected chi connectivity index (χ1v) is 10.5. The summed E-state index contributed by atoms with van der Waals surface area (Å²) in [7, 11) is 0. The van der Waals surface area contributed by atoms with E-state index < -0.39 is 5.82 Å². The van der Waals surface area contributed by atoms with Crippen LogP contribution in [0.15, 0.2) is 54.6 Å². The molecule has 1 N–H and O–H groups in total. The van der Waals surface area contributed by atoms with Crippen molar-refractivity contribution in [1.82, 2.24) is 5.32 Å². The number of hydrogen-bond donors (Lipinski definition) is 1. The Morgan fingerprint density at radius 3 is 2.33 bits per heavy atom. The van der Waals surface area contributed by atoms with Crippen LogP contribution in [-0.4, -0.2) is 6.61 Å². The first kappa shape index (κ1) is 22.4. The van der Waals surface area contributed by atoms with Gasteiger partial charge in [0.25, 0.3) is 0 Å². The van der Waals surface area contributed by atoms with Gasteiger partial charge in [0.05, 0.1) is 11.6 Å². The fourth-order valence-electron chi connectivity index (χ4n) is 2.96. The first-order valence-electron chi connectivity index (χ1n) is 9.75. The monoisotopic (exact) mass is 447 g/mol. The molecule has 3 aromatic rings. The van der Waals surface area contributed by atoms with Crippen LogP contribution in [0.4, 0.5) is 4.39 Å². The third-order valence-corrected chi connectivity index (χ3v) is 5.32. The van der Waals surface area contributed by atoms with Crippen molar-refractivity contribution in [2.75, 3.05) is 6.61 Å². The van der Waals surface area contributed by atoms with Crippen molar-refractivity contribution in [2.24, 2.45) is 0 Å². The van der Waals surface area contributed by atoms with Crippen molar-refractivity contribution in [1.29, 1.82) is 0 Å². The average Bonchev–Trinajstić information content (AvgIpc) is 2.72. The van der Waals surface area contributed by atoms with Crippen molar-refractivity contribution < 1.29 is 13.9 Å². The normalized spacial score (nSPS) is 10.8. The van der Waals surface area contributed by atoms with Crippen molar-refractivity contribution in [3.63, 3.8) is 0 Å². The molecular weight excluding hydrogens is 424 g/mol. The summed E-state index contributed by atoms with van der Waals surface area (Å²) in [6, 6.07) is 16.5. The van der Waals surface area contributed by atoms with E-state index in [4.69, 9.17) is 32.7 Å². The van der Waals surface area contributed by atoms with Gasteiger partial charge in [-0.3, -0.25) is 0 Å². The van der Waals surface area contributed by atoms with E-state index in [2.05, 4.69) is 36.5 Å². The van der Waals surface area contributed by atoms with Gasteiger partial charge in [-0.15, -0.1) is 0 Å². The Labute approximate surface area is 186 Å². The Balaban J connectivity index is 1.70. The molecule has 30 heavy (non-hydrogen) atoms. The third-order valence-electron chi connectivity index (χ3n) is 4.61. The Bertz CT molecular complexity index is 973. The van der Waals surface area contributed by atoms with Crippen LogP contribution in [-0.2, 0) is 19.7 Å². The van der Waals surface area contributed by atoms with Crippen molar-refractivity contribution in [2.45, 2.75) is 33.5 Å². The molecular formula is C24H24Cl2FNO2. The molecule has 0 aliphatic heterocycles. The van der Waals surface area contributed by atoms with Crippen molar-refractivity contribution in [3.05, 3.63) is 92.7 Å². The molecule has 3 nitrogen and oxygen atoms in total. The van der Waals surface area contributed by atoms with Crippen LogP contribution in [0.2, 0.25) is 10.0 Å². The number of aryl methyl sites for hydroxylation is 1. The topological polar surface area (TPSA) is 30.5 Å². The van der Waals surface area contributed by atoms with Gasteiger partial charge in [0, 0.05) is 29.7 Å². The zero-order valence-electron chi connectivity index (χ0n) is 17.0. The lowest BCUT2D eigenvalue weighted by Crippen LogP contribution is -2.13. The summed E-state index contributed by atoms with van der Waals surface area (Å²) in [5.74, 6) is 0.591. The molecule has 3 rings (SSSR count). The molecule has 0 aliphatic carbocycles. The number of hydrogen-bond acceptors (Lipinski definition) is 3. The molecule has 158 valence electrons. The summed E-state index contributed by atoms with van der Waals surface area (Å²) < 4.78 is 25.5. The van der Waals surface area contributed by atoms with Gasteiger partial charge in [0.15, 0.2) is 11.5 Å².